The molecular formula is C36H40Cl2N6O7S. The molecule has 0 spiro atoms. The van der Waals surface area contributed by atoms with Gasteiger partial charge in [0.05, 0.1) is 30.6 Å². The second-order valence-corrected chi connectivity index (χ2v) is 15.8. The molecule has 13 nitrogen and oxygen atoms in total. The number of rotatable bonds is 13. The minimum atomic E-state index is -4.05. The van der Waals surface area contributed by atoms with Gasteiger partial charge in [-0.1, -0.05) is 89.7 Å². The van der Waals surface area contributed by atoms with Crippen molar-refractivity contribution in [1.29, 1.82) is 0 Å². The first-order valence-electron chi connectivity index (χ1n) is 16.8. The van der Waals surface area contributed by atoms with E-state index in [1.807, 2.05) is 0 Å². The molecule has 3 aromatic rings. The molecule has 0 saturated heterocycles. The maximum absolute atomic E-state index is 14.5. The summed E-state index contributed by atoms with van der Waals surface area (Å²) in [5, 5.41) is 3.79. The van der Waals surface area contributed by atoms with E-state index in [9.17, 15) is 22.8 Å². The van der Waals surface area contributed by atoms with Gasteiger partial charge in [0, 0.05) is 32.6 Å². The van der Waals surface area contributed by atoms with Crippen molar-refractivity contribution < 1.29 is 32.4 Å². The van der Waals surface area contributed by atoms with E-state index in [-0.39, 0.29) is 29.8 Å². The van der Waals surface area contributed by atoms with Gasteiger partial charge in [0.25, 0.3) is 11.8 Å². The van der Waals surface area contributed by atoms with Crippen molar-refractivity contribution in [2.24, 2.45) is 5.11 Å². The van der Waals surface area contributed by atoms with E-state index in [1.54, 1.807) is 86.3 Å². The number of hydrogen-bond donors (Lipinski definition) is 2. The van der Waals surface area contributed by atoms with E-state index in [0.717, 1.165) is 11.1 Å². The van der Waals surface area contributed by atoms with Crippen molar-refractivity contribution in [1.82, 2.24) is 15.1 Å². The summed E-state index contributed by atoms with van der Waals surface area (Å²) in [5.74, 6) is -3.13. The third-order valence-corrected chi connectivity index (χ3v) is 11.2. The van der Waals surface area contributed by atoms with E-state index in [1.165, 1.54) is 6.07 Å². The zero-order valence-electron chi connectivity index (χ0n) is 28.9. The fraction of sp³-hybridized carbons (Fsp3) is 0.417. The average molecular weight is 772 g/mol. The molecule has 4 atom stereocenters. The van der Waals surface area contributed by atoms with E-state index in [0.29, 0.717) is 41.8 Å². The average Bonchev–Trinajstić information content (AvgIpc) is 3.11. The highest BCUT2D eigenvalue weighted by atomic mass is 35.5. The van der Waals surface area contributed by atoms with Crippen molar-refractivity contribution in [3.8, 4) is 0 Å². The number of nitrogens with one attached hydrogen (secondary N) is 2. The number of nitrogens with zero attached hydrogens (tertiary/aromatic N) is 4. The van der Waals surface area contributed by atoms with Crippen LogP contribution in [0.15, 0.2) is 71.8 Å². The van der Waals surface area contributed by atoms with Crippen molar-refractivity contribution in [2.75, 3.05) is 12.5 Å². The van der Waals surface area contributed by atoms with E-state index in [4.69, 9.17) is 38.3 Å². The molecule has 3 aromatic carbocycles. The Hall–Kier alpha value is -4.17. The third kappa shape index (κ3) is 8.54. The summed E-state index contributed by atoms with van der Waals surface area (Å²) in [7, 11) is -4.05. The van der Waals surface area contributed by atoms with Gasteiger partial charge in [-0.05, 0) is 79.6 Å². The van der Waals surface area contributed by atoms with Crippen molar-refractivity contribution >= 4 is 51.0 Å². The van der Waals surface area contributed by atoms with Gasteiger partial charge in [0.15, 0.2) is 0 Å². The Kier molecular flexibility index (Phi) is 12.5. The minimum Gasteiger partial charge on any atom is -0.465 e. The predicted octanol–water partition coefficient (Wildman–Crippen LogP) is 6.86. The van der Waals surface area contributed by atoms with Crippen molar-refractivity contribution in [3.63, 3.8) is 0 Å². The third-order valence-electron chi connectivity index (χ3n) is 9.52. The molecule has 5 rings (SSSR count). The van der Waals surface area contributed by atoms with Crippen LogP contribution in [0.1, 0.15) is 91.0 Å². The number of hydroxylamine groups is 1. The molecule has 1 heterocycles. The van der Waals surface area contributed by atoms with Gasteiger partial charge in [-0.25, -0.2) is 18.6 Å². The highest BCUT2D eigenvalue weighted by molar-refractivity contribution is 7.89. The first-order valence-corrected chi connectivity index (χ1v) is 19.3. The number of amides is 2. The van der Waals surface area contributed by atoms with Gasteiger partial charge in [-0.2, -0.15) is 0 Å². The maximum atomic E-state index is 14.5. The molecule has 2 amide bonds. The van der Waals surface area contributed by atoms with E-state index >= 15 is 0 Å². The number of halogens is 2. The number of ether oxygens (including phenoxy) is 1. The van der Waals surface area contributed by atoms with Crippen LogP contribution in [-0.2, 0) is 41.2 Å². The van der Waals surface area contributed by atoms with Crippen molar-refractivity contribution in [3.05, 3.63) is 115 Å². The summed E-state index contributed by atoms with van der Waals surface area (Å²) in [5.41, 5.74) is 13.1. The first-order chi connectivity index (χ1) is 24.8. The summed E-state index contributed by atoms with van der Waals surface area (Å²) < 4.78 is 33.7. The largest absolute Gasteiger partial charge is 0.465 e. The molecule has 0 aromatic heterocycles. The van der Waals surface area contributed by atoms with Crippen LogP contribution < -0.4 is 10.2 Å². The zero-order valence-corrected chi connectivity index (χ0v) is 31.2. The molecule has 1 fully saturated rings. The number of azide groups is 1. The Morgan fingerprint density at radius 1 is 1.04 bits per heavy atom. The Morgan fingerprint density at radius 2 is 1.75 bits per heavy atom. The quantitative estimate of drug-likeness (QED) is 0.0626. The van der Waals surface area contributed by atoms with Gasteiger partial charge in [0.2, 0.25) is 10.0 Å². The summed E-state index contributed by atoms with van der Waals surface area (Å²) in [6, 6.07) is 16.3. The van der Waals surface area contributed by atoms with E-state index in [2.05, 4.69) is 20.2 Å². The number of sulfonamides is 1. The summed E-state index contributed by atoms with van der Waals surface area (Å²) in [4.78, 5) is 51.2. The fourth-order valence-electron chi connectivity index (χ4n) is 6.92. The summed E-state index contributed by atoms with van der Waals surface area (Å²) >= 11 is 13.1. The summed E-state index contributed by atoms with van der Waals surface area (Å²) in [6.45, 7) is 5.58. The molecule has 2 aliphatic rings. The SMILES string of the molecule is CCOC(=O)C(C)(C)c1ccc(CONC(=O)[C@@H]2c3ccccc3C(=O)N([C@H]3CCCC[C@@H]3NS(=O)(=O)CN=[N+]=[N-])[C@H]2c2ccc(Cl)cc2Cl)cc1. The standard InChI is InChI=1S/C36H40Cl2N6O7S/c1-4-50-35(47)36(2,3)23-15-13-22(14-16-23)20-51-41-33(45)31-25-9-5-6-10-26(25)34(46)44(32(31)27-18-17-24(37)19-28(27)38)30-12-8-7-11-29(30)42-52(48,49)21-40-43-39/h5-6,9-10,13-19,29-32,42H,4,7-8,11-12,20-21H2,1-3H3,(H,41,45)/t29-,30-,31+,32-/m0/s1. The molecule has 1 aliphatic carbocycles. The van der Waals surface area contributed by atoms with E-state index < -0.39 is 57.2 Å². The van der Waals surface area contributed by atoms with Crippen LogP contribution in [0, 0.1) is 0 Å². The lowest BCUT2D eigenvalue weighted by molar-refractivity contribution is -0.148. The highest BCUT2D eigenvalue weighted by Gasteiger charge is 2.49. The van der Waals surface area contributed by atoms with Gasteiger partial charge < -0.3 is 9.64 Å². The van der Waals surface area contributed by atoms with Crippen LogP contribution in [0.25, 0.3) is 10.4 Å². The predicted molar refractivity (Wildman–Crippen MR) is 196 cm³/mol. The number of esters is 1. The molecule has 16 heteroatoms. The first kappa shape index (κ1) is 39.0. The molecule has 52 heavy (non-hydrogen) atoms. The lowest BCUT2D eigenvalue weighted by Crippen LogP contribution is -2.59. The maximum Gasteiger partial charge on any atom is 0.315 e. The molecule has 2 N–H and O–H groups in total. The molecular weight excluding hydrogens is 731 g/mol. The second kappa shape index (κ2) is 16.7. The van der Waals surface area contributed by atoms with Crippen LogP contribution >= 0.6 is 23.2 Å². The number of hydrogen-bond acceptors (Lipinski definition) is 8. The molecule has 0 radical (unpaired) electrons. The minimum absolute atomic E-state index is 0.00705. The van der Waals surface area contributed by atoms with Gasteiger partial charge >= 0.3 is 5.97 Å². The van der Waals surface area contributed by atoms with Gasteiger partial charge in [0.1, 0.15) is 5.88 Å². The lowest BCUT2D eigenvalue weighted by atomic mass is 9.76. The van der Waals surface area contributed by atoms with Gasteiger partial charge in [-0.15, -0.1) is 0 Å². The molecule has 1 aliphatic heterocycles. The smallest absolute Gasteiger partial charge is 0.315 e. The molecule has 276 valence electrons. The van der Waals surface area contributed by atoms with Crippen molar-refractivity contribution in [2.45, 2.75) is 82.5 Å². The normalized spacial score (nSPS) is 20.4. The van der Waals surface area contributed by atoms with Gasteiger partial charge in [-0.3, -0.25) is 19.2 Å². The van der Waals surface area contributed by atoms with Crippen LogP contribution in [0.2, 0.25) is 10.0 Å². The highest BCUT2D eigenvalue weighted by Crippen LogP contribution is 2.48. The fourth-order valence-corrected chi connectivity index (χ4v) is 8.46. The van der Waals surface area contributed by atoms with Crippen LogP contribution in [-0.4, -0.2) is 55.7 Å². The monoisotopic (exact) mass is 770 g/mol. The lowest BCUT2D eigenvalue weighted by Gasteiger charge is -2.49. The molecule has 0 bridgehead atoms. The topological polar surface area (TPSA) is 180 Å². The molecule has 1 saturated carbocycles. The van der Waals surface area contributed by atoms with Crippen LogP contribution in [0.5, 0.6) is 0 Å². The zero-order chi connectivity index (χ0) is 37.6. The molecule has 0 unspecified atom stereocenters. The van der Waals surface area contributed by atoms with Crippen LogP contribution in [0.4, 0.5) is 0 Å². The van der Waals surface area contributed by atoms with Crippen LogP contribution in [0.3, 0.4) is 0 Å². The Balaban J connectivity index is 1.48. The summed E-state index contributed by atoms with van der Waals surface area (Å²) in [6.07, 6.45) is 2.22. The number of benzene rings is 3. The number of carbonyl (C=O) groups is 3. The Labute approximate surface area is 312 Å². The number of carbonyl (C=O) groups excluding carboxylic acids is 3. The Bertz CT molecular complexity index is 1970. The number of fused-ring (bicyclic) bond motifs is 1. The Morgan fingerprint density at radius 3 is 2.44 bits per heavy atom. The second-order valence-electron chi connectivity index (χ2n) is 13.2.